The standard InChI is InChI=1S/C12H10O.C6H5ClO/c13-12-9-5-4-8-11(12)10-6-2-1-3-7-10;7-5-3-1-2-4-6(5)8/h1-9,13H;1-4,8H. The molecule has 0 bridgehead atoms. The number of para-hydroxylation sites is 2. The molecule has 0 aromatic heterocycles. The first kappa shape index (κ1) is 14.9. The summed E-state index contributed by atoms with van der Waals surface area (Å²) in [4.78, 5) is 0. The van der Waals surface area contributed by atoms with Gasteiger partial charge in [-0.05, 0) is 23.8 Å². The minimum Gasteiger partial charge on any atom is -0.507 e. The van der Waals surface area contributed by atoms with E-state index in [1.807, 2.05) is 48.5 Å². The van der Waals surface area contributed by atoms with E-state index in [2.05, 4.69) is 0 Å². The van der Waals surface area contributed by atoms with Crippen molar-refractivity contribution in [3.63, 3.8) is 0 Å². The van der Waals surface area contributed by atoms with E-state index in [-0.39, 0.29) is 5.75 Å². The molecule has 3 aromatic carbocycles. The molecule has 0 radical (unpaired) electrons. The highest BCUT2D eigenvalue weighted by Gasteiger charge is 2.00. The zero-order chi connectivity index (χ0) is 15.1. The lowest BCUT2D eigenvalue weighted by Gasteiger charge is -2.02. The first-order chi connectivity index (χ1) is 10.2. The van der Waals surface area contributed by atoms with Gasteiger partial charge in [0.2, 0.25) is 0 Å². The smallest absolute Gasteiger partial charge is 0.134 e. The number of hydrogen-bond donors (Lipinski definition) is 2. The highest BCUT2D eigenvalue weighted by atomic mass is 35.5. The molecule has 0 aliphatic carbocycles. The summed E-state index contributed by atoms with van der Waals surface area (Å²) >= 11 is 5.46. The fraction of sp³-hybridized carbons (Fsp3) is 0. The predicted octanol–water partition coefficient (Wildman–Crippen LogP) is 5.10. The van der Waals surface area contributed by atoms with Gasteiger partial charge in [0.05, 0.1) is 5.02 Å². The summed E-state index contributed by atoms with van der Waals surface area (Å²) in [6.07, 6.45) is 0. The fourth-order valence-electron chi connectivity index (χ4n) is 1.79. The molecule has 0 saturated heterocycles. The highest BCUT2D eigenvalue weighted by molar-refractivity contribution is 6.31. The molecule has 0 amide bonds. The number of aromatic hydroxyl groups is 2. The largest absolute Gasteiger partial charge is 0.507 e. The molecule has 3 rings (SSSR count). The van der Waals surface area contributed by atoms with Crippen molar-refractivity contribution in [2.45, 2.75) is 0 Å². The van der Waals surface area contributed by atoms with Crippen LogP contribution in [0.1, 0.15) is 0 Å². The summed E-state index contributed by atoms with van der Waals surface area (Å²) in [6, 6.07) is 23.9. The van der Waals surface area contributed by atoms with Crippen LogP contribution in [0.5, 0.6) is 11.5 Å². The van der Waals surface area contributed by atoms with Crippen molar-refractivity contribution in [2.24, 2.45) is 0 Å². The quantitative estimate of drug-likeness (QED) is 0.656. The second-order valence-electron chi connectivity index (χ2n) is 4.33. The molecule has 0 aliphatic rings. The number of halogens is 1. The second kappa shape index (κ2) is 7.36. The molecule has 3 heteroatoms. The minimum atomic E-state index is 0.133. The van der Waals surface area contributed by atoms with E-state index in [0.717, 1.165) is 11.1 Å². The van der Waals surface area contributed by atoms with E-state index in [9.17, 15) is 5.11 Å². The number of rotatable bonds is 1. The Labute approximate surface area is 128 Å². The van der Waals surface area contributed by atoms with Crippen LogP contribution in [0.15, 0.2) is 78.9 Å². The van der Waals surface area contributed by atoms with Gasteiger partial charge in [-0.2, -0.15) is 0 Å². The summed E-state index contributed by atoms with van der Waals surface area (Å²) in [5.74, 6) is 0.461. The molecule has 106 valence electrons. The molecule has 0 fully saturated rings. The fourth-order valence-corrected chi connectivity index (χ4v) is 1.92. The maximum atomic E-state index is 9.56. The van der Waals surface area contributed by atoms with Crippen LogP contribution in [0, 0.1) is 0 Å². The molecular weight excluding hydrogens is 284 g/mol. The lowest BCUT2D eigenvalue weighted by atomic mass is 10.1. The van der Waals surface area contributed by atoms with Gasteiger partial charge in [0, 0.05) is 5.56 Å². The molecule has 2 nitrogen and oxygen atoms in total. The van der Waals surface area contributed by atoms with Crippen LogP contribution in [0.25, 0.3) is 11.1 Å². The number of hydrogen-bond acceptors (Lipinski definition) is 2. The Morgan fingerprint density at radius 2 is 1.10 bits per heavy atom. The van der Waals surface area contributed by atoms with Crippen LogP contribution >= 0.6 is 11.6 Å². The first-order valence-corrected chi connectivity index (χ1v) is 6.83. The van der Waals surface area contributed by atoms with Gasteiger partial charge < -0.3 is 10.2 Å². The van der Waals surface area contributed by atoms with Crippen molar-refractivity contribution in [1.29, 1.82) is 0 Å². The van der Waals surface area contributed by atoms with Crippen molar-refractivity contribution in [2.75, 3.05) is 0 Å². The van der Waals surface area contributed by atoms with Gasteiger partial charge in [-0.25, -0.2) is 0 Å². The first-order valence-electron chi connectivity index (χ1n) is 6.45. The number of phenols is 2. The molecule has 2 N–H and O–H groups in total. The van der Waals surface area contributed by atoms with Crippen LogP contribution in [-0.2, 0) is 0 Å². The van der Waals surface area contributed by atoms with E-state index in [1.54, 1.807) is 30.3 Å². The Morgan fingerprint density at radius 3 is 1.62 bits per heavy atom. The van der Waals surface area contributed by atoms with Crippen molar-refractivity contribution >= 4 is 11.6 Å². The average Bonchev–Trinajstić information content (AvgIpc) is 2.52. The van der Waals surface area contributed by atoms with Crippen LogP contribution in [-0.4, -0.2) is 10.2 Å². The van der Waals surface area contributed by atoms with Crippen molar-refractivity contribution in [3.05, 3.63) is 83.9 Å². The van der Waals surface area contributed by atoms with Gasteiger partial charge >= 0.3 is 0 Å². The van der Waals surface area contributed by atoms with Crippen molar-refractivity contribution in [3.8, 4) is 22.6 Å². The maximum absolute atomic E-state index is 9.56. The third-order valence-electron chi connectivity index (χ3n) is 2.84. The van der Waals surface area contributed by atoms with E-state index >= 15 is 0 Å². The molecule has 0 spiro atoms. The zero-order valence-electron chi connectivity index (χ0n) is 11.3. The summed E-state index contributed by atoms with van der Waals surface area (Å²) in [5, 5.41) is 18.7. The van der Waals surface area contributed by atoms with Gasteiger partial charge in [0.15, 0.2) is 0 Å². The van der Waals surface area contributed by atoms with E-state index in [0.29, 0.717) is 10.8 Å². The molecule has 0 unspecified atom stereocenters. The SMILES string of the molecule is Oc1ccccc1-c1ccccc1.Oc1ccccc1Cl. The Morgan fingerprint density at radius 1 is 0.571 bits per heavy atom. The lowest BCUT2D eigenvalue weighted by molar-refractivity contribution is 0.475. The van der Waals surface area contributed by atoms with Crippen LogP contribution in [0.2, 0.25) is 5.02 Å². The van der Waals surface area contributed by atoms with Gasteiger partial charge in [-0.3, -0.25) is 0 Å². The second-order valence-corrected chi connectivity index (χ2v) is 4.74. The molecule has 0 saturated carbocycles. The van der Waals surface area contributed by atoms with Crippen LogP contribution in [0.4, 0.5) is 0 Å². The molecule has 3 aromatic rings. The normalized spacial score (nSPS) is 9.57. The zero-order valence-corrected chi connectivity index (χ0v) is 12.0. The molecular formula is C18H15ClO2. The van der Waals surface area contributed by atoms with Gasteiger partial charge in [0.25, 0.3) is 0 Å². The average molecular weight is 299 g/mol. The summed E-state index contributed by atoms with van der Waals surface area (Å²) in [5.41, 5.74) is 1.92. The number of phenolic OH excluding ortho intramolecular Hbond substituents is 2. The third kappa shape index (κ3) is 4.26. The van der Waals surface area contributed by atoms with Crippen molar-refractivity contribution < 1.29 is 10.2 Å². The summed E-state index contributed by atoms with van der Waals surface area (Å²) in [7, 11) is 0. The van der Waals surface area contributed by atoms with E-state index in [4.69, 9.17) is 16.7 Å². The Kier molecular flexibility index (Phi) is 5.24. The summed E-state index contributed by atoms with van der Waals surface area (Å²) in [6.45, 7) is 0. The summed E-state index contributed by atoms with van der Waals surface area (Å²) < 4.78 is 0. The topological polar surface area (TPSA) is 40.5 Å². The molecule has 21 heavy (non-hydrogen) atoms. The van der Waals surface area contributed by atoms with Gasteiger partial charge in [-0.15, -0.1) is 0 Å². The monoisotopic (exact) mass is 298 g/mol. The number of benzene rings is 3. The molecule has 0 aliphatic heterocycles. The van der Waals surface area contributed by atoms with E-state index < -0.39 is 0 Å². The Hall–Kier alpha value is -2.45. The van der Waals surface area contributed by atoms with Gasteiger partial charge in [-0.1, -0.05) is 72.3 Å². The molecule has 0 atom stereocenters. The predicted molar refractivity (Wildman–Crippen MR) is 86.7 cm³/mol. The lowest BCUT2D eigenvalue weighted by Crippen LogP contribution is -1.76. The van der Waals surface area contributed by atoms with Crippen molar-refractivity contribution in [1.82, 2.24) is 0 Å². The van der Waals surface area contributed by atoms with Crippen LogP contribution in [0.3, 0.4) is 0 Å². The third-order valence-corrected chi connectivity index (χ3v) is 3.16. The van der Waals surface area contributed by atoms with Gasteiger partial charge in [0.1, 0.15) is 11.5 Å². The molecule has 0 heterocycles. The Bertz CT molecular complexity index is 675. The minimum absolute atomic E-state index is 0.133. The van der Waals surface area contributed by atoms with E-state index in [1.165, 1.54) is 0 Å². The Balaban J connectivity index is 0.000000173. The van der Waals surface area contributed by atoms with Crippen LogP contribution < -0.4 is 0 Å². The highest BCUT2D eigenvalue weighted by Crippen LogP contribution is 2.27. The maximum Gasteiger partial charge on any atom is 0.134 e.